The second-order valence-corrected chi connectivity index (χ2v) is 12.4. The minimum absolute atomic E-state index is 0.0245. The number of likely N-dealkylation sites (tertiary alicyclic amines) is 1. The smallest absolute Gasteiger partial charge is 0.305 e. The Hall–Kier alpha value is -3.08. The zero-order valence-corrected chi connectivity index (χ0v) is 26.1. The SMILES string of the molecule is CCC(O)(c1cc(F)c2c(c1)C(=O)N([C@@H](CC(=O)O)c1ccc(Cl)cc1)C2(OC)c1ccc(Cl)cc1)C1(F)CCN(C)CC1. The van der Waals surface area contributed by atoms with Crippen LogP contribution in [-0.4, -0.2) is 64.8 Å². The summed E-state index contributed by atoms with van der Waals surface area (Å²) in [6.45, 7) is 2.43. The summed E-state index contributed by atoms with van der Waals surface area (Å²) in [5.74, 6) is -2.86. The number of benzene rings is 3. The van der Waals surface area contributed by atoms with Gasteiger partial charge >= 0.3 is 5.97 Å². The summed E-state index contributed by atoms with van der Waals surface area (Å²) in [5.41, 5.74) is -5.76. The molecule has 3 aromatic carbocycles. The number of hydrogen-bond acceptors (Lipinski definition) is 5. The van der Waals surface area contributed by atoms with Gasteiger partial charge in [0.15, 0.2) is 5.72 Å². The second kappa shape index (κ2) is 12.0. The molecule has 2 aliphatic heterocycles. The number of fused-ring (bicyclic) bond motifs is 1. The lowest BCUT2D eigenvalue weighted by Gasteiger charge is -2.46. The Morgan fingerprint density at radius 1 is 1.07 bits per heavy atom. The van der Waals surface area contributed by atoms with Gasteiger partial charge in [0.1, 0.15) is 17.1 Å². The van der Waals surface area contributed by atoms with E-state index in [-0.39, 0.29) is 36.0 Å². The molecule has 234 valence electrons. The van der Waals surface area contributed by atoms with Crippen LogP contribution < -0.4 is 0 Å². The number of methoxy groups -OCH3 is 1. The van der Waals surface area contributed by atoms with Crippen LogP contribution in [0.15, 0.2) is 60.7 Å². The van der Waals surface area contributed by atoms with Crippen LogP contribution in [-0.2, 0) is 20.9 Å². The van der Waals surface area contributed by atoms with E-state index < -0.39 is 47.2 Å². The first-order chi connectivity index (χ1) is 20.8. The number of nitrogens with zero attached hydrogens (tertiary/aromatic N) is 2. The summed E-state index contributed by atoms with van der Waals surface area (Å²) in [7, 11) is 3.16. The number of halogens is 4. The molecule has 2 unspecified atom stereocenters. The molecule has 2 N–H and O–H groups in total. The van der Waals surface area contributed by atoms with E-state index in [1.807, 2.05) is 11.9 Å². The maximum absolute atomic E-state index is 16.7. The first-order valence-corrected chi connectivity index (χ1v) is 15.1. The number of ether oxygens (including phenoxy) is 1. The second-order valence-electron chi connectivity index (χ2n) is 11.6. The van der Waals surface area contributed by atoms with Crippen LogP contribution in [0.5, 0.6) is 0 Å². The van der Waals surface area contributed by atoms with Gasteiger partial charge in [-0.15, -0.1) is 0 Å². The van der Waals surface area contributed by atoms with Crippen molar-refractivity contribution in [2.45, 2.75) is 55.6 Å². The average molecular weight is 648 g/mol. The fourth-order valence-corrected chi connectivity index (χ4v) is 7.02. The molecule has 7 nitrogen and oxygen atoms in total. The number of piperidine rings is 1. The van der Waals surface area contributed by atoms with Crippen molar-refractivity contribution in [3.63, 3.8) is 0 Å². The molecule has 1 fully saturated rings. The van der Waals surface area contributed by atoms with Crippen LogP contribution in [0.25, 0.3) is 0 Å². The van der Waals surface area contributed by atoms with E-state index in [1.165, 1.54) is 18.1 Å². The Morgan fingerprint density at radius 2 is 1.64 bits per heavy atom. The molecule has 0 saturated carbocycles. The average Bonchev–Trinajstić information content (AvgIpc) is 3.26. The minimum atomic E-state index is -2.09. The molecule has 11 heteroatoms. The molecule has 3 aromatic rings. The topological polar surface area (TPSA) is 90.3 Å². The lowest BCUT2D eigenvalue weighted by Crippen LogP contribution is -2.54. The number of carboxylic acid groups (broad SMARTS) is 1. The Labute approximate surface area is 264 Å². The van der Waals surface area contributed by atoms with Gasteiger partial charge < -0.3 is 19.8 Å². The van der Waals surface area contributed by atoms with Crippen molar-refractivity contribution in [3.05, 3.63) is 104 Å². The number of aliphatic carboxylic acids is 1. The Kier molecular flexibility index (Phi) is 8.83. The summed E-state index contributed by atoms with van der Waals surface area (Å²) in [5, 5.41) is 22.7. The molecule has 2 heterocycles. The highest BCUT2D eigenvalue weighted by Crippen LogP contribution is 2.53. The van der Waals surface area contributed by atoms with E-state index in [9.17, 15) is 19.8 Å². The van der Waals surface area contributed by atoms with Gasteiger partial charge in [-0.3, -0.25) is 14.5 Å². The minimum Gasteiger partial charge on any atom is -0.481 e. The lowest BCUT2D eigenvalue weighted by molar-refractivity contribution is -0.142. The van der Waals surface area contributed by atoms with Crippen LogP contribution in [0.4, 0.5) is 8.78 Å². The molecule has 3 atom stereocenters. The standard InChI is InChI=1S/C33H34Cl2F2N2O5/c1-4-32(43,31(37)13-15-38(2)16-14-31)22-17-25-29(26(36)18-22)33(44-3,21-7-11-24(35)12-8-21)39(30(25)42)27(19-28(40)41)20-5-9-23(34)10-6-20/h5-12,17-18,27,43H,4,13-16,19H2,1-3H3,(H,40,41)/t27-,32?,33?/m0/s1. The molecule has 0 bridgehead atoms. The van der Waals surface area contributed by atoms with Gasteiger partial charge in [0.2, 0.25) is 0 Å². The van der Waals surface area contributed by atoms with Gasteiger partial charge in [-0.05, 0) is 73.8 Å². The van der Waals surface area contributed by atoms with Gasteiger partial charge in [-0.2, -0.15) is 0 Å². The molecular weight excluding hydrogens is 613 g/mol. The van der Waals surface area contributed by atoms with Crippen molar-refractivity contribution >= 4 is 35.1 Å². The number of amides is 1. The lowest BCUT2D eigenvalue weighted by atomic mass is 9.71. The normalized spacial score (nSPS) is 22.0. The van der Waals surface area contributed by atoms with Crippen LogP contribution in [0.1, 0.15) is 71.3 Å². The van der Waals surface area contributed by atoms with Gasteiger partial charge in [0.05, 0.1) is 23.6 Å². The highest BCUT2D eigenvalue weighted by Gasteiger charge is 2.58. The fraction of sp³-hybridized carbons (Fsp3) is 0.394. The van der Waals surface area contributed by atoms with E-state index in [2.05, 4.69) is 0 Å². The molecule has 0 radical (unpaired) electrons. The molecule has 0 aliphatic carbocycles. The quantitative estimate of drug-likeness (QED) is 0.269. The Balaban J connectivity index is 1.77. The van der Waals surface area contributed by atoms with E-state index in [1.54, 1.807) is 55.5 Å². The van der Waals surface area contributed by atoms with Crippen LogP contribution in [0.2, 0.25) is 10.0 Å². The van der Waals surface area contributed by atoms with Crippen LogP contribution in [0.3, 0.4) is 0 Å². The van der Waals surface area contributed by atoms with Crippen molar-refractivity contribution < 1.29 is 33.3 Å². The van der Waals surface area contributed by atoms with Crippen LogP contribution >= 0.6 is 23.2 Å². The van der Waals surface area contributed by atoms with Gasteiger partial charge in [-0.25, -0.2) is 8.78 Å². The predicted octanol–water partition coefficient (Wildman–Crippen LogP) is 6.68. The summed E-state index contributed by atoms with van der Waals surface area (Å²) >= 11 is 12.3. The predicted molar refractivity (Wildman–Crippen MR) is 163 cm³/mol. The molecule has 44 heavy (non-hydrogen) atoms. The Bertz CT molecular complexity index is 1560. The third-order valence-electron chi connectivity index (χ3n) is 9.19. The monoisotopic (exact) mass is 646 g/mol. The molecule has 1 saturated heterocycles. The van der Waals surface area contributed by atoms with E-state index in [4.69, 9.17) is 27.9 Å². The highest BCUT2D eigenvalue weighted by atomic mass is 35.5. The third-order valence-corrected chi connectivity index (χ3v) is 9.70. The number of carbonyl (C=O) groups is 2. The highest BCUT2D eigenvalue weighted by molar-refractivity contribution is 6.30. The van der Waals surface area contributed by atoms with Crippen molar-refractivity contribution in [2.24, 2.45) is 0 Å². The van der Waals surface area contributed by atoms with Gasteiger partial charge in [0.25, 0.3) is 5.91 Å². The number of hydrogen-bond donors (Lipinski definition) is 2. The molecule has 5 rings (SSSR count). The summed E-state index contributed by atoms with van der Waals surface area (Å²) in [4.78, 5) is 29.9. The maximum atomic E-state index is 16.7. The van der Waals surface area contributed by atoms with E-state index in [0.29, 0.717) is 34.3 Å². The number of alkyl halides is 1. The van der Waals surface area contributed by atoms with Crippen molar-refractivity contribution in [2.75, 3.05) is 27.2 Å². The summed E-state index contributed by atoms with van der Waals surface area (Å²) in [6, 6.07) is 13.8. The first kappa shape index (κ1) is 32.3. The zero-order chi connectivity index (χ0) is 32.0. The molecular formula is C33H34Cl2F2N2O5. The van der Waals surface area contributed by atoms with Crippen molar-refractivity contribution in [1.29, 1.82) is 0 Å². The van der Waals surface area contributed by atoms with Gasteiger partial charge in [-0.1, -0.05) is 54.4 Å². The Morgan fingerprint density at radius 3 is 2.16 bits per heavy atom. The molecule has 0 spiro atoms. The zero-order valence-electron chi connectivity index (χ0n) is 24.6. The van der Waals surface area contributed by atoms with Crippen molar-refractivity contribution in [3.8, 4) is 0 Å². The first-order valence-electron chi connectivity index (χ1n) is 14.4. The summed E-state index contributed by atoms with van der Waals surface area (Å²) in [6.07, 6.45) is -0.565. The molecule has 1 amide bonds. The molecule has 0 aromatic heterocycles. The third kappa shape index (κ3) is 5.18. The number of aliphatic hydroxyl groups is 1. The largest absolute Gasteiger partial charge is 0.481 e. The summed E-state index contributed by atoms with van der Waals surface area (Å²) < 4.78 is 39.3. The van der Waals surface area contributed by atoms with E-state index >= 15 is 8.78 Å². The van der Waals surface area contributed by atoms with Crippen molar-refractivity contribution in [1.82, 2.24) is 9.80 Å². The van der Waals surface area contributed by atoms with E-state index in [0.717, 1.165) is 6.07 Å². The number of carboxylic acids is 1. The van der Waals surface area contributed by atoms with Gasteiger partial charge in [0, 0.05) is 35.8 Å². The number of carbonyl (C=O) groups excluding carboxylic acids is 1. The van der Waals surface area contributed by atoms with Crippen LogP contribution in [0, 0.1) is 5.82 Å². The fourth-order valence-electron chi connectivity index (χ4n) is 6.76. The number of rotatable bonds is 9. The molecule has 2 aliphatic rings. The maximum Gasteiger partial charge on any atom is 0.305 e.